The zero-order valence-corrected chi connectivity index (χ0v) is 30.8. The molecule has 11 heteroatoms. The average molecular weight is 689 g/mol. The number of aliphatic hydroxyl groups is 1. The van der Waals surface area contributed by atoms with E-state index in [1.54, 1.807) is 25.2 Å². The maximum Gasteiger partial charge on any atom is 0.239 e. The Hall–Kier alpha value is -2.31. The second-order valence-corrected chi connectivity index (χ2v) is 19.3. The van der Waals surface area contributed by atoms with E-state index >= 15 is 0 Å². The topological polar surface area (TPSA) is 128 Å². The highest BCUT2D eigenvalue weighted by Crippen LogP contribution is 2.39. The van der Waals surface area contributed by atoms with Crippen LogP contribution in [0.3, 0.4) is 0 Å². The number of nitrogens with zero attached hydrogens (tertiary/aromatic N) is 1. The van der Waals surface area contributed by atoms with E-state index in [-0.39, 0.29) is 24.0 Å². The number of carbonyl (C=O) groups is 2. The van der Waals surface area contributed by atoms with Crippen molar-refractivity contribution in [1.82, 2.24) is 20.9 Å². The molecule has 2 amide bonds. The summed E-state index contributed by atoms with van der Waals surface area (Å²) in [6.45, 7) is 12.3. The van der Waals surface area contributed by atoms with Gasteiger partial charge in [-0.1, -0.05) is 49.6 Å². The molecule has 1 aromatic carbocycles. The van der Waals surface area contributed by atoms with Crippen LogP contribution in [0.4, 0.5) is 0 Å². The van der Waals surface area contributed by atoms with Crippen LogP contribution in [-0.4, -0.2) is 84.1 Å². The van der Waals surface area contributed by atoms with Crippen LogP contribution in [0.1, 0.15) is 82.0 Å². The summed E-state index contributed by atoms with van der Waals surface area (Å²) < 4.78 is 24.6. The quantitative estimate of drug-likeness (QED) is 0.248. The fourth-order valence-electron chi connectivity index (χ4n) is 7.06. The Morgan fingerprint density at radius 3 is 2.28 bits per heavy atom. The van der Waals surface area contributed by atoms with E-state index in [0.29, 0.717) is 24.8 Å². The van der Waals surface area contributed by atoms with Crippen LogP contribution in [0.25, 0.3) is 0 Å². The third-order valence-corrected chi connectivity index (χ3v) is 13.2. The number of carbonyl (C=O) groups excluding carboxylic acids is 2. The van der Waals surface area contributed by atoms with Gasteiger partial charge in [0, 0.05) is 41.2 Å². The molecule has 1 saturated carbocycles. The van der Waals surface area contributed by atoms with Gasteiger partial charge in [0.25, 0.3) is 0 Å². The molecular weight excluding hydrogens is 633 g/mol. The van der Waals surface area contributed by atoms with Crippen molar-refractivity contribution in [2.75, 3.05) is 19.3 Å². The Labute approximate surface area is 286 Å². The number of aryl methyl sites for hydroxylation is 1. The smallest absolute Gasteiger partial charge is 0.239 e. The summed E-state index contributed by atoms with van der Waals surface area (Å²) in [6.07, 6.45) is 5.86. The molecule has 9 nitrogen and oxygen atoms in total. The van der Waals surface area contributed by atoms with E-state index in [1.165, 1.54) is 12.8 Å². The lowest BCUT2D eigenvalue weighted by atomic mass is 9.72. The van der Waals surface area contributed by atoms with Crippen molar-refractivity contribution in [1.29, 1.82) is 0 Å². The molecule has 262 valence electrons. The predicted molar refractivity (Wildman–Crippen MR) is 190 cm³/mol. The minimum atomic E-state index is -3.66. The number of amides is 2. The minimum absolute atomic E-state index is 0.0275. The zero-order chi connectivity index (χ0) is 34.6. The highest BCUT2D eigenvalue weighted by molar-refractivity contribution is 7.92. The number of hydrogen-bond donors (Lipinski definition) is 4. The summed E-state index contributed by atoms with van der Waals surface area (Å²) in [4.78, 5) is 32.0. The summed E-state index contributed by atoms with van der Waals surface area (Å²) in [5.74, 6) is 0.453. The van der Waals surface area contributed by atoms with Crippen molar-refractivity contribution >= 4 is 33.0 Å². The first kappa shape index (κ1) is 37.5. The van der Waals surface area contributed by atoms with Crippen molar-refractivity contribution in [3.05, 3.63) is 57.8 Å². The SMILES string of the molecule is Cc1ccc(CN[C@H](C(=O)N[C@@H](Cc2ccccc2)[C@H](O)CN2C[C@H]3CCCC[C@H]3C[C@H]2C(=O)NC(C)(C)C)C(C)(C)S(C)(=O)=O)s1. The Morgan fingerprint density at radius 1 is 1.02 bits per heavy atom. The molecule has 1 saturated heterocycles. The van der Waals surface area contributed by atoms with Crippen LogP contribution in [0.15, 0.2) is 42.5 Å². The molecule has 1 aliphatic carbocycles. The number of rotatable bonds is 13. The molecule has 47 heavy (non-hydrogen) atoms. The van der Waals surface area contributed by atoms with E-state index < -0.39 is 38.7 Å². The highest BCUT2D eigenvalue weighted by Gasteiger charge is 2.45. The fraction of sp³-hybridized carbons (Fsp3) is 0.667. The van der Waals surface area contributed by atoms with Gasteiger partial charge in [-0.2, -0.15) is 0 Å². The van der Waals surface area contributed by atoms with Gasteiger partial charge in [0.15, 0.2) is 9.84 Å². The highest BCUT2D eigenvalue weighted by atomic mass is 32.2. The van der Waals surface area contributed by atoms with Crippen LogP contribution < -0.4 is 16.0 Å². The summed E-state index contributed by atoms with van der Waals surface area (Å²) >= 11 is 1.59. The molecule has 2 fully saturated rings. The zero-order valence-electron chi connectivity index (χ0n) is 29.2. The standard InChI is InChI=1S/C36H56N4O5S2/c1-24-17-18-28(46-24)21-37-32(36(5,6)47(7,44)45)34(43)38-29(19-25-13-9-8-10-14-25)31(41)23-40-22-27-16-12-11-15-26(27)20-30(40)33(42)39-35(2,3)4/h8-10,13-14,17-18,26-27,29-32,37,41H,11-12,15-16,19-23H2,1-7H3,(H,38,43)(H,39,42)/t26-,27+,29-,30-,31+,32+/m0/s1. The molecule has 1 aliphatic heterocycles. The van der Waals surface area contributed by atoms with Gasteiger partial charge in [-0.15, -0.1) is 11.3 Å². The number of thiophene rings is 1. The second kappa shape index (κ2) is 15.5. The molecule has 2 aliphatic rings. The monoisotopic (exact) mass is 688 g/mol. The van der Waals surface area contributed by atoms with Crippen molar-refractivity contribution < 1.29 is 23.1 Å². The average Bonchev–Trinajstić information content (AvgIpc) is 3.40. The lowest BCUT2D eigenvalue weighted by molar-refractivity contribution is -0.133. The fourth-order valence-corrected chi connectivity index (χ4v) is 8.52. The second-order valence-electron chi connectivity index (χ2n) is 15.3. The van der Waals surface area contributed by atoms with Gasteiger partial charge in [0.05, 0.1) is 22.9 Å². The predicted octanol–water partition coefficient (Wildman–Crippen LogP) is 4.22. The first-order chi connectivity index (χ1) is 21.9. The number of piperidine rings is 1. The molecule has 4 N–H and O–H groups in total. The number of sulfone groups is 1. The lowest BCUT2D eigenvalue weighted by Crippen LogP contribution is -2.63. The molecular formula is C36H56N4O5S2. The molecule has 0 spiro atoms. The van der Waals surface area contributed by atoms with Crippen LogP contribution in [-0.2, 0) is 32.4 Å². The number of benzene rings is 1. The van der Waals surface area contributed by atoms with E-state index in [9.17, 15) is 23.1 Å². The van der Waals surface area contributed by atoms with E-state index in [2.05, 4.69) is 20.9 Å². The molecule has 4 rings (SSSR count). The van der Waals surface area contributed by atoms with Crippen molar-refractivity contribution in [3.8, 4) is 0 Å². The number of aliphatic hydroxyl groups excluding tert-OH is 1. The summed E-state index contributed by atoms with van der Waals surface area (Å²) in [7, 11) is -3.66. The lowest BCUT2D eigenvalue weighted by Gasteiger charge is -2.47. The van der Waals surface area contributed by atoms with E-state index in [0.717, 1.165) is 47.4 Å². The molecule has 0 bridgehead atoms. The first-order valence-electron chi connectivity index (χ1n) is 17.0. The molecule has 1 aromatic heterocycles. The van der Waals surface area contributed by atoms with Gasteiger partial charge in [0.1, 0.15) is 6.04 Å². The third-order valence-electron chi connectivity index (χ3n) is 10.0. The minimum Gasteiger partial charge on any atom is -0.390 e. The Morgan fingerprint density at radius 2 is 1.68 bits per heavy atom. The van der Waals surface area contributed by atoms with Gasteiger partial charge >= 0.3 is 0 Å². The first-order valence-corrected chi connectivity index (χ1v) is 19.7. The Kier molecular flexibility index (Phi) is 12.4. The van der Waals surface area contributed by atoms with Crippen molar-refractivity contribution in [2.45, 2.75) is 121 Å². The largest absolute Gasteiger partial charge is 0.390 e. The molecule has 0 radical (unpaired) electrons. The molecule has 0 unspecified atom stereocenters. The van der Waals surface area contributed by atoms with Gasteiger partial charge < -0.3 is 15.7 Å². The number of likely N-dealkylation sites (tertiary alicyclic amines) is 1. The Bertz CT molecular complexity index is 1450. The van der Waals surface area contributed by atoms with Crippen LogP contribution >= 0.6 is 11.3 Å². The number of β-amino-alcohol motifs (C(OH)–C–C–N with tert-alkyl or cyclic N) is 1. The summed E-state index contributed by atoms with van der Waals surface area (Å²) in [6, 6.07) is 11.5. The van der Waals surface area contributed by atoms with E-state index in [1.807, 2.05) is 70.2 Å². The van der Waals surface area contributed by atoms with Crippen LogP contribution in [0.2, 0.25) is 0 Å². The van der Waals surface area contributed by atoms with Crippen molar-refractivity contribution in [2.24, 2.45) is 11.8 Å². The Balaban J connectivity index is 1.60. The van der Waals surface area contributed by atoms with Gasteiger partial charge in [-0.05, 0) is 90.3 Å². The van der Waals surface area contributed by atoms with Crippen LogP contribution in [0, 0.1) is 18.8 Å². The van der Waals surface area contributed by atoms with Crippen LogP contribution in [0.5, 0.6) is 0 Å². The molecule has 2 heterocycles. The molecule has 6 atom stereocenters. The number of nitrogens with one attached hydrogen (secondary N) is 3. The van der Waals surface area contributed by atoms with Gasteiger partial charge in [-0.3, -0.25) is 19.8 Å². The third kappa shape index (κ3) is 10.1. The number of fused-ring (bicyclic) bond motifs is 1. The normalized spacial score (nSPS) is 22.9. The van der Waals surface area contributed by atoms with Gasteiger partial charge in [-0.25, -0.2) is 8.42 Å². The van der Waals surface area contributed by atoms with E-state index in [4.69, 9.17) is 0 Å². The molecule has 2 aromatic rings. The van der Waals surface area contributed by atoms with Crippen molar-refractivity contribution in [3.63, 3.8) is 0 Å². The summed E-state index contributed by atoms with van der Waals surface area (Å²) in [5, 5.41) is 21.4. The summed E-state index contributed by atoms with van der Waals surface area (Å²) in [5.41, 5.74) is 0.552. The number of hydrogen-bond acceptors (Lipinski definition) is 8. The van der Waals surface area contributed by atoms with Gasteiger partial charge in [0.2, 0.25) is 11.8 Å². The maximum atomic E-state index is 14.2. The maximum absolute atomic E-state index is 14.2.